The molecular weight excluding hydrogens is 298 g/mol. The average molecular weight is 317 g/mol. The number of aromatic nitrogens is 4. The van der Waals surface area contributed by atoms with E-state index >= 15 is 0 Å². The van der Waals surface area contributed by atoms with Gasteiger partial charge in [-0.15, -0.1) is 0 Å². The molecule has 0 radical (unpaired) electrons. The van der Waals surface area contributed by atoms with Crippen molar-refractivity contribution in [3.05, 3.63) is 24.4 Å². The molecule has 1 atom stereocenters. The minimum absolute atomic E-state index is 0.504. The Labute approximate surface area is 133 Å². The summed E-state index contributed by atoms with van der Waals surface area (Å²) in [6.45, 7) is 2.74. The smallest absolute Gasteiger partial charge is 0.232 e. The van der Waals surface area contributed by atoms with E-state index in [1.54, 1.807) is 30.1 Å². The van der Waals surface area contributed by atoms with Crippen molar-refractivity contribution in [3.63, 3.8) is 0 Å². The van der Waals surface area contributed by atoms with Gasteiger partial charge in [-0.25, -0.2) is 9.97 Å². The maximum atomic E-state index is 5.75. The zero-order chi connectivity index (χ0) is 14.8. The van der Waals surface area contributed by atoms with Crippen molar-refractivity contribution in [3.8, 4) is 5.88 Å². The van der Waals surface area contributed by atoms with Gasteiger partial charge in [-0.05, 0) is 25.7 Å². The van der Waals surface area contributed by atoms with Gasteiger partial charge in [0.25, 0.3) is 0 Å². The molecule has 1 saturated carbocycles. The largest absolute Gasteiger partial charge is 0.476 e. The lowest BCUT2D eigenvalue weighted by Crippen LogP contribution is -2.37. The van der Waals surface area contributed by atoms with Crippen LogP contribution in [0.1, 0.15) is 37.4 Å². The van der Waals surface area contributed by atoms with Crippen molar-refractivity contribution in [2.75, 3.05) is 24.6 Å². The van der Waals surface area contributed by atoms with Crippen LogP contribution in [0.4, 0.5) is 5.13 Å². The molecule has 4 rings (SSSR count). The first-order valence-electron chi connectivity index (χ1n) is 7.86. The lowest BCUT2D eigenvalue weighted by molar-refractivity contribution is 0.221. The van der Waals surface area contributed by atoms with Crippen molar-refractivity contribution in [1.82, 2.24) is 19.3 Å². The second kappa shape index (κ2) is 6.16. The highest BCUT2D eigenvalue weighted by molar-refractivity contribution is 7.09. The van der Waals surface area contributed by atoms with Crippen LogP contribution in [0, 0.1) is 5.92 Å². The van der Waals surface area contributed by atoms with Gasteiger partial charge >= 0.3 is 0 Å². The van der Waals surface area contributed by atoms with Gasteiger partial charge in [-0.3, -0.25) is 4.98 Å². The van der Waals surface area contributed by atoms with Crippen LogP contribution in [0.15, 0.2) is 18.6 Å². The van der Waals surface area contributed by atoms with Crippen LogP contribution in [0.2, 0.25) is 0 Å². The normalized spacial score (nSPS) is 21.8. The Hall–Kier alpha value is -1.76. The fourth-order valence-electron chi connectivity index (χ4n) is 2.80. The van der Waals surface area contributed by atoms with Gasteiger partial charge in [0, 0.05) is 48.9 Å². The first-order chi connectivity index (χ1) is 10.9. The maximum Gasteiger partial charge on any atom is 0.232 e. The number of anilines is 1. The van der Waals surface area contributed by atoms with E-state index < -0.39 is 0 Å². The van der Waals surface area contributed by atoms with Crippen molar-refractivity contribution >= 4 is 16.7 Å². The van der Waals surface area contributed by atoms with Gasteiger partial charge in [0.2, 0.25) is 11.0 Å². The molecule has 0 amide bonds. The zero-order valence-electron chi connectivity index (χ0n) is 12.4. The van der Waals surface area contributed by atoms with Crippen molar-refractivity contribution < 1.29 is 4.74 Å². The predicted molar refractivity (Wildman–Crippen MR) is 84.3 cm³/mol. The fourth-order valence-corrected chi connectivity index (χ4v) is 3.58. The van der Waals surface area contributed by atoms with Crippen molar-refractivity contribution in [2.45, 2.75) is 31.6 Å². The Bertz CT molecular complexity index is 615. The summed E-state index contributed by atoms with van der Waals surface area (Å²) < 4.78 is 10.3. The summed E-state index contributed by atoms with van der Waals surface area (Å²) in [7, 11) is 0. The highest BCUT2D eigenvalue weighted by Gasteiger charge is 2.29. The molecule has 3 heterocycles. The molecule has 1 aliphatic carbocycles. The molecule has 0 N–H and O–H groups in total. The van der Waals surface area contributed by atoms with E-state index in [4.69, 9.17) is 9.72 Å². The van der Waals surface area contributed by atoms with E-state index in [0.717, 1.165) is 24.0 Å². The lowest BCUT2D eigenvalue weighted by atomic mass is 9.99. The molecule has 1 saturated heterocycles. The lowest BCUT2D eigenvalue weighted by Gasteiger charge is -2.31. The van der Waals surface area contributed by atoms with E-state index in [-0.39, 0.29) is 0 Å². The van der Waals surface area contributed by atoms with Crippen LogP contribution in [0.5, 0.6) is 5.88 Å². The summed E-state index contributed by atoms with van der Waals surface area (Å²) in [4.78, 5) is 15.3. The first-order valence-corrected chi connectivity index (χ1v) is 8.63. The number of piperidine rings is 1. The quantitative estimate of drug-likeness (QED) is 0.844. The molecule has 0 bridgehead atoms. The molecule has 22 heavy (non-hydrogen) atoms. The minimum Gasteiger partial charge on any atom is -0.476 e. The molecule has 0 aromatic carbocycles. The molecular formula is C15H19N5OS. The van der Waals surface area contributed by atoms with Crippen LogP contribution in [-0.4, -0.2) is 39.0 Å². The van der Waals surface area contributed by atoms with E-state index in [0.29, 0.717) is 24.3 Å². The summed E-state index contributed by atoms with van der Waals surface area (Å²) in [5.74, 6) is 2.79. The summed E-state index contributed by atoms with van der Waals surface area (Å²) in [6.07, 6.45) is 9.84. The average Bonchev–Trinajstić information content (AvgIpc) is 3.31. The second-order valence-corrected chi connectivity index (χ2v) is 6.75. The fraction of sp³-hybridized carbons (Fsp3) is 0.600. The zero-order valence-corrected chi connectivity index (χ0v) is 13.2. The first kappa shape index (κ1) is 13.9. The van der Waals surface area contributed by atoms with Crippen LogP contribution >= 0.6 is 11.5 Å². The van der Waals surface area contributed by atoms with Gasteiger partial charge in [0.05, 0.1) is 12.8 Å². The van der Waals surface area contributed by atoms with E-state index in [2.05, 4.69) is 19.2 Å². The van der Waals surface area contributed by atoms with Gasteiger partial charge in [-0.2, -0.15) is 4.37 Å². The molecule has 7 heteroatoms. The van der Waals surface area contributed by atoms with Crippen molar-refractivity contribution in [2.24, 2.45) is 5.92 Å². The minimum atomic E-state index is 0.504. The molecule has 1 unspecified atom stereocenters. The van der Waals surface area contributed by atoms with Gasteiger partial charge < -0.3 is 9.64 Å². The summed E-state index contributed by atoms with van der Waals surface area (Å²) in [6, 6.07) is 0. The topological polar surface area (TPSA) is 64.0 Å². The number of ether oxygens (including phenoxy) is 1. The Morgan fingerprint density at radius 3 is 3.05 bits per heavy atom. The number of hydrogen-bond acceptors (Lipinski definition) is 7. The third-order valence-corrected chi connectivity index (χ3v) is 4.96. The third-order valence-electron chi connectivity index (χ3n) is 4.17. The standard InChI is InChI=1S/C15H19N5OS/c1-2-11(10-21-13-8-16-5-6-17-13)9-20(7-1)15-18-14(19-22-15)12-3-4-12/h5-6,8,11-12H,1-4,7,9-10H2. The summed E-state index contributed by atoms with van der Waals surface area (Å²) in [5.41, 5.74) is 0. The van der Waals surface area contributed by atoms with Crippen LogP contribution in [-0.2, 0) is 0 Å². The summed E-state index contributed by atoms with van der Waals surface area (Å²) in [5, 5.41) is 1.08. The second-order valence-electron chi connectivity index (χ2n) is 6.02. The highest BCUT2D eigenvalue weighted by atomic mass is 32.1. The Kier molecular flexibility index (Phi) is 3.88. The van der Waals surface area contributed by atoms with Gasteiger partial charge in [0.1, 0.15) is 5.82 Å². The Balaban J connectivity index is 1.34. The maximum absolute atomic E-state index is 5.75. The molecule has 6 nitrogen and oxygen atoms in total. The molecule has 2 aromatic rings. The van der Waals surface area contributed by atoms with Crippen molar-refractivity contribution in [1.29, 1.82) is 0 Å². The molecule has 0 spiro atoms. The summed E-state index contributed by atoms with van der Waals surface area (Å²) >= 11 is 1.54. The molecule has 2 aromatic heterocycles. The Morgan fingerprint density at radius 1 is 1.27 bits per heavy atom. The molecule has 2 fully saturated rings. The predicted octanol–water partition coefficient (Wildman–Crippen LogP) is 2.50. The monoisotopic (exact) mass is 317 g/mol. The number of hydrogen-bond donors (Lipinski definition) is 0. The van der Waals surface area contributed by atoms with Gasteiger partial charge in [-0.1, -0.05) is 0 Å². The highest BCUT2D eigenvalue weighted by Crippen LogP contribution is 2.40. The van der Waals surface area contributed by atoms with Crippen LogP contribution in [0.25, 0.3) is 0 Å². The number of rotatable bonds is 5. The van der Waals surface area contributed by atoms with E-state index in [1.165, 1.54) is 25.7 Å². The number of nitrogens with zero attached hydrogens (tertiary/aromatic N) is 5. The van der Waals surface area contributed by atoms with Gasteiger partial charge in [0.15, 0.2) is 0 Å². The molecule has 116 valence electrons. The SMILES string of the molecule is c1cnc(OCC2CCCN(c3nc(C4CC4)ns3)C2)cn1. The molecule has 1 aliphatic heterocycles. The van der Waals surface area contributed by atoms with Crippen LogP contribution < -0.4 is 9.64 Å². The third kappa shape index (κ3) is 3.19. The molecule has 2 aliphatic rings. The Morgan fingerprint density at radius 2 is 2.23 bits per heavy atom. The van der Waals surface area contributed by atoms with E-state index in [1.807, 2.05) is 0 Å². The van der Waals surface area contributed by atoms with Crippen LogP contribution in [0.3, 0.4) is 0 Å². The van der Waals surface area contributed by atoms with E-state index in [9.17, 15) is 0 Å².